The summed E-state index contributed by atoms with van der Waals surface area (Å²) < 4.78 is 0. The van der Waals surface area contributed by atoms with Crippen LogP contribution in [0, 0.1) is 13.8 Å². The van der Waals surface area contributed by atoms with E-state index in [9.17, 15) is 4.79 Å². The van der Waals surface area contributed by atoms with Crippen LogP contribution in [0.1, 0.15) is 42.9 Å². The van der Waals surface area contributed by atoms with Gasteiger partial charge in [0, 0.05) is 6.04 Å². The van der Waals surface area contributed by atoms with E-state index in [1.807, 2.05) is 0 Å². The van der Waals surface area contributed by atoms with Crippen LogP contribution in [0.15, 0.2) is 18.2 Å². The summed E-state index contributed by atoms with van der Waals surface area (Å²) in [7, 11) is 0. The van der Waals surface area contributed by atoms with Crippen LogP contribution in [0.3, 0.4) is 0 Å². The second-order valence-electron chi connectivity index (χ2n) is 5.24. The van der Waals surface area contributed by atoms with E-state index in [1.54, 1.807) is 0 Å². The number of aryl methyl sites for hydroxylation is 2. The first-order chi connectivity index (χ1) is 9.02. The van der Waals surface area contributed by atoms with Crippen molar-refractivity contribution < 1.29 is 9.90 Å². The summed E-state index contributed by atoms with van der Waals surface area (Å²) in [4.78, 5) is 10.9. The monoisotopic (exact) mass is 263 g/mol. The molecule has 0 radical (unpaired) electrons. The number of rotatable bonds is 8. The van der Waals surface area contributed by atoms with Crippen molar-refractivity contribution in [2.45, 2.75) is 52.5 Å². The zero-order valence-corrected chi connectivity index (χ0v) is 12.2. The Hall–Kier alpha value is -1.35. The van der Waals surface area contributed by atoms with Crippen LogP contribution in [0.25, 0.3) is 0 Å². The number of hydrogen-bond acceptors (Lipinski definition) is 2. The topological polar surface area (TPSA) is 49.3 Å². The van der Waals surface area contributed by atoms with E-state index in [4.69, 9.17) is 5.11 Å². The van der Waals surface area contributed by atoms with Crippen LogP contribution < -0.4 is 5.32 Å². The molecule has 0 saturated heterocycles. The zero-order chi connectivity index (χ0) is 14.3. The number of nitrogens with one attached hydrogen (secondary N) is 1. The van der Waals surface area contributed by atoms with Gasteiger partial charge in [0.15, 0.2) is 0 Å². The molecular formula is C16H25NO2. The van der Waals surface area contributed by atoms with Crippen LogP contribution in [-0.4, -0.2) is 23.7 Å². The van der Waals surface area contributed by atoms with Crippen molar-refractivity contribution in [3.05, 3.63) is 34.9 Å². The van der Waals surface area contributed by atoms with Crippen LogP contribution in [0.4, 0.5) is 0 Å². The third-order valence-corrected chi connectivity index (χ3v) is 3.35. The Morgan fingerprint density at radius 1 is 1.37 bits per heavy atom. The fraction of sp³-hybridized carbons (Fsp3) is 0.562. The first-order valence-corrected chi connectivity index (χ1v) is 7.04. The molecule has 2 N–H and O–H groups in total. The molecule has 0 saturated carbocycles. The lowest BCUT2D eigenvalue weighted by atomic mass is 9.97. The molecule has 19 heavy (non-hydrogen) atoms. The lowest BCUT2D eigenvalue weighted by Gasteiger charge is -2.18. The van der Waals surface area contributed by atoms with Gasteiger partial charge < -0.3 is 10.4 Å². The quantitative estimate of drug-likeness (QED) is 0.709. The third kappa shape index (κ3) is 5.88. The van der Waals surface area contributed by atoms with E-state index in [0.717, 1.165) is 25.8 Å². The minimum Gasteiger partial charge on any atom is -0.481 e. The summed E-state index contributed by atoms with van der Waals surface area (Å²) in [5.74, 6) is -0.737. The maximum Gasteiger partial charge on any atom is 0.304 e. The van der Waals surface area contributed by atoms with E-state index in [2.05, 4.69) is 44.3 Å². The second-order valence-corrected chi connectivity index (χ2v) is 5.24. The molecule has 0 aliphatic heterocycles. The first kappa shape index (κ1) is 15.7. The molecule has 0 spiro atoms. The third-order valence-electron chi connectivity index (χ3n) is 3.35. The molecule has 1 unspecified atom stereocenters. The molecule has 0 bridgehead atoms. The molecule has 3 heteroatoms. The van der Waals surface area contributed by atoms with Crippen molar-refractivity contribution in [2.24, 2.45) is 0 Å². The van der Waals surface area contributed by atoms with Crippen molar-refractivity contribution in [3.8, 4) is 0 Å². The van der Waals surface area contributed by atoms with Crippen LogP contribution in [-0.2, 0) is 11.2 Å². The van der Waals surface area contributed by atoms with Gasteiger partial charge in [-0.25, -0.2) is 0 Å². The molecule has 1 aromatic rings. The highest BCUT2D eigenvalue weighted by Gasteiger charge is 2.14. The van der Waals surface area contributed by atoms with Gasteiger partial charge in [-0.2, -0.15) is 0 Å². The summed E-state index contributed by atoms with van der Waals surface area (Å²) in [6.07, 6.45) is 3.17. The standard InChI is InChI=1S/C16H25NO2/c1-4-5-8-17-15(11-16(18)19)10-14-7-6-12(2)9-13(14)3/h6-7,9,15,17H,4-5,8,10-11H2,1-3H3,(H,18,19). The van der Waals surface area contributed by atoms with Crippen molar-refractivity contribution in [1.29, 1.82) is 0 Å². The van der Waals surface area contributed by atoms with Crippen molar-refractivity contribution in [3.63, 3.8) is 0 Å². The number of aliphatic carboxylic acids is 1. The normalized spacial score (nSPS) is 12.4. The Bertz CT molecular complexity index is 415. The maximum atomic E-state index is 10.9. The van der Waals surface area contributed by atoms with Gasteiger partial charge in [0.1, 0.15) is 0 Å². The highest BCUT2D eigenvalue weighted by atomic mass is 16.4. The molecule has 0 fully saturated rings. The average molecular weight is 263 g/mol. The molecule has 1 rings (SSSR count). The zero-order valence-electron chi connectivity index (χ0n) is 12.2. The maximum absolute atomic E-state index is 10.9. The van der Waals surface area contributed by atoms with Crippen molar-refractivity contribution >= 4 is 5.97 Å². The summed E-state index contributed by atoms with van der Waals surface area (Å²) in [5.41, 5.74) is 3.73. The van der Waals surface area contributed by atoms with E-state index < -0.39 is 5.97 Å². The minimum absolute atomic E-state index is 0.0189. The molecule has 0 aromatic heterocycles. The number of carboxylic acids is 1. The molecule has 0 amide bonds. The number of benzene rings is 1. The molecule has 0 aliphatic carbocycles. The van der Waals surface area contributed by atoms with E-state index in [0.29, 0.717) is 0 Å². The smallest absolute Gasteiger partial charge is 0.304 e. The molecule has 0 aliphatic rings. The molecule has 1 atom stereocenters. The van der Waals surface area contributed by atoms with Gasteiger partial charge in [0.25, 0.3) is 0 Å². The molecule has 0 heterocycles. The van der Waals surface area contributed by atoms with E-state index in [1.165, 1.54) is 16.7 Å². The molecule has 1 aromatic carbocycles. The average Bonchev–Trinajstić information content (AvgIpc) is 2.32. The minimum atomic E-state index is -0.737. The number of carboxylic acid groups (broad SMARTS) is 1. The predicted molar refractivity (Wildman–Crippen MR) is 78.6 cm³/mol. The van der Waals surface area contributed by atoms with Gasteiger partial charge in [-0.1, -0.05) is 37.1 Å². The summed E-state index contributed by atoms with van der Waals surface area (Å²) >= 11 is 0. The van der Waals surface area contributed by atoms with Gasteiger partial charge >= 0.3 is 5.97 Å². The highest BCUT2D eigenvalue weighted by Crippen LogP contribution is 2.14. The number of hydrogen-bond donors (Lipinski definition) is 2. The summed E-state index contributed by atoms with van der Waals surface area (Å²) in [6, 6.07) is 6.37. The molecular weight excluding hydrogens is 238 g/mol. The Balaban J connectivity index is 2.66. The van der Waals surface area contributed by atoms with Gasteiger partial charge in [-0.05, 0) is 44.4 Å². The van der Waals surface area contributed by atoms with Gasteiger partial charge in [-0.3, -0.25) is 4.79 Å². The Morgan fingerprint density at radius 3 is 2.68 bits per heavy atom. The van der Waals surface area contributed by atoms with Crippen molar-refractivity contribution in [2.75, 3.05) is 6.54 Å². The van der Waals surface area contributed by atoms with Crippen LogP contribution in [0.5, 0.6) is 0 Å². The molecule has 106 valence electrons. The first-order valence-electron chi connectivity index (χ1n) is 7.04. The van der Waals surface area contributed by atoms with Gasteiger partial charge in [0.05, 0.1) is 6.42 Å². The lowest BCUT2D eigenvalue weighted by Crippen LogP contribution is -2.34. The SMILES string of the molecule is CCCCNC(CC(=O)O)Cc1ccc(C)cc1C. The van der Waals surface area contributed by atoms with Crippen LogP contribution >= 0.6 is 0 Å². The second kappa shape index (κ2) is 7.95. The predicted octanol–water partition coefficient (Wildman–Crippen LogP) is 3.08. The fourth-order valence-corrected chi connectivity index (χ4v) is 2.25. The van der Waals surface area contributed by atoms with Gasteiger partial charge in [-0.15, -0.1) is 0 Å². The van der Waals surface area contributed by atoms with Crippen molar-refractivity contribution in [1.82, 2.24) is 5.32 Å². The lowest BCUT2D eigenvalue weighted by molar-refractivity contribution is -0.137. The highest BCUT2D eigenvalue weighted by molar-refractivity contribution is 5.67. The Morgan fingerprint density at radius 2 is 2.11 bits per heavy atom. The van der Waals surface area contributed by atoms with E-state index in [-0.39, 0.29) is 12.5 Å². The summed E-state index contributed by atoms with van der Waals surface area (Å²) in [6.45, 7) is 7.19. The van der Waals surface area contributed by atoms with Crippen LogP contribution in [0.2, 0.25) is 0 Å². The summed E-state index contributed by atoms with van der Waals surface area (Å²) in [5, 5.41) is 12.4. The fourth-order valence-electron chi connectivity index (χ4n) is 2.25. The van der Waals surface area contributed by atoms with Gasteiger partial charge in [0.2, 0.25) is 0 Å². The van der Waals surface area contributed by atoms with E-state index >= 15 is 0 Å². The largest absolute Gasteiger partial charge is 0.481 e. The molecule has 3 nitrogen and oxygen atoms in total. The Kier molecular flexibility index (Phi) is 6.57. The number of unbranched alkanes of at least 4 members (excludes halogenated alkanes) is 1. The number of carbonyl (C=O) groups is 1. The Labute approximate surface area is 116 Å².